The molecule has 1 saturated heterocycles. The molecule has 0 aliphatic carbocycles. The summed E-state index contributed by atoms with van der Waals surface area (Å²) in [5.74, 6) is -0.937. The Hall–Kier alpha value is -3.24. The number of aromatic nitrogens is 2. The highest BCUT2D eigenvalue weighted by Gasteiger charge is 2.32. The molecule has 1 fully saturated rings. The van der Waals surface area contributed by atoms with Gasteiger partial charge in [-0.1, -0.05) is 31.5 Å². The molecule has 2 aromatic carbocycles. The minimum absolute atomic E-state index is 0.112. The number of carbonyl (C=O) groups is 2. The SMILES string of the molecule is CCCc1c(S(=O)(=O)O)ccc(C)c1-n1c(=O)n(C2CCC(=O)NC2=O)c2ccccc21. The lowest BCUT2D eigenvalue weighted by Crippen LogP contribution is -2.44. The average Bonchev–Trinajstić information content (AvgIpc) is 3.00. The Kier molecular flexibility index (Phi) is 5.51. The van der Waals surface area contributed by atoms with Gasteiger partial charge in [0.25, 0.3) is 10.1 Å². The monoisotopic (exact) mass is 457 g/mol. The first kappa shape index (κ1) is 22.0. The van der Waals surface area contributed by atoms with Crippen LogP contribution in [0.15, 0.2) is 46.1 Å². The predicted molar refractivity (Wildman–Crippen MR) is 118 cm³/mol. The molecule has 32 heavy (non-hydrogen) atoms. The van der Waals surface area contributed by atoms with Gasteiger partial charge in [0.2, 0.25) is 11.8 Å². The van der Waals surface area contributed by atoms with Gasteiger partial charge in [0.1, 0.15) is 6.04 Å². The minimum Gasteiger partial charge on any atom is -0.295 e. The smallest absolute Gasteiger partial charge is 0.295 e. The number of nitrogens with one attached hydrogen (secondary N) is 1. The van der Waals surface area contributed by atoms with E-state index in [1.807, 2.05) is 6.92 Å². The van der Waals surface area contributed by atoms with E-state index in [0.29, 0.717) is 40.7 Å². The van der Waals surface area contributed by atoms with Gasteiger partial charge < -0.3 is 0 Å². The highest BCUT2D eigenvalue weighted by molar-refractivity contribution is 7.85. The summed E-state index contributed by atoms with van der Waals surface area (Å²) >= 11 is 0. The number of amides is 2. The second-order valence-corrected chi connectivity index (χ2v) is 9.27. The molecule has 1 aliphatic rings. The van der Waals surface area contributed by atoms with Gasteiger partial charge in [-0.05, 0) is 49.1 Å². The van der Waals surface area contributed by atoms with Crippen LogP contribution in [0.4, 0.5) is 0 Å². The summed E-state index contributed by atoms with van der Waals surface area (Å²) in [5, 5.41) is 2.28. The first-order valence-corrected chi connectivity index (χ1v) is 11.7. The van der Waals surface area contributed by atoms with Crippen LogP contribution in [0.1, 0.15) is 43.4 Å². The van der Waals surface area contributed by atoms with Crippen molar-refractivity contribution >= 4 is 33.0 Å². The van der Waals surface area contributed by atoms with E-state index in [4.69, 9.17) is 0 Å². The van der Waals surface area contributed by atoms with Gasteiger partial charge in [-0.2, -0.15) is 8.42 Å². The van der Waals surface area contributed by atoms with Crippen molar-refractivity contribution in [3.8, 4) is 5.69 Å². The number of nitrogens with zero attached hydrogens (tertiary/aromatic N) is 2. The number of aryl methyl sites for hydroxylation is 1. The Labute approximate surface area is 184 Å². The number of hydrogen-bond donors (Lipinski definition) is 2. The number of hydrogen-bond acceptors (Lipinski definition) is 5. The summed E-state index contributed by atoms with van der Waals surface area (Å²) in [5.41, 5.74) is 1.82. The van der Waals surface area contributed by atoms with E-state index in [1.54, 1.807) is 37.3 Å². The Morgan fingerprint density at radius 1 is 1.09 bits per heavy atom. The van der Waals surface area contributed by atoms with E-state index < -0.39 is 27.8 Å². The van der Waals surface area contributed by atoms with Crippen LogP contribution in [0.2, 0.25) is 0 Å². The van der Waals surface area contributed by atoms with Crippen LogP contribution < -0.4 is 11.0 Å². The van der Waals surface area contributed by atoms with E-state index >= 15 is 0 Å². The fraction of sp³-hybridized carbons (Fsp3) is 0.318. The highest BCUT2D eigenvalue weighted by Crippen LogP contribution is 2.31. The molecule has 9 nitrogen and oxygen atoms in total. The molecule has 4 rings (SSSR count). The molecule has 3 aromatic rings. The van der Waals surface area contributed by atoms with Crippen LogP contribution in [0.5, 0.6) is 0 Å². The number of piperidine rings is 1. The van der Waals surface area contributed by atoms with Crippen LogP contribution in [-0.2, 0) is 26.1 Å². The van der Waals surface area contributed by atoms with Crippen molar-refractivity contribution in [2.75, 3.05) is 0 Å². The molecular formula is C22H23N3O6S. The fourth-order valence-electron chi connectivity index (χ4n) is 4.40. The number of carbonyl (C=O) groups excluding carboxylic acids is 2. The predicted octanol–water partition coefficient (Wildman–Crippen LogP) is 2.28. The zero-order chi connectivity index (χ0) is 23.2. The summed E-state index contributed by atoms with van der Waals surface area (Å²) < 4.78 is 36.7. The lowest BCUT2D eigenvalue weighted by atomic mass is 10.0. The molecule has 0 spiro atoms. The summed E-state index contributed by atoms with van der Waals surface area (Å²) in [4.78, 5) is 37.7. The first-order valence-electron chi connectivity index (χ1n) is 10.3. The summed E-state index contributed by atoms with van der Waals surface area (Å²) in [6, 6.07) is 8.92. The number of imide groups is 1. The van der Waals surface area contributed by atoms with Crippen LogP contribution >= 0.6 is 0 Å². The molecule has 2 N–H and O–H groups in total. The van der Waals surface area contributed by atoms with Gasteiger partial charge in [-0.15, -0.1) is 0 Å². The van der Waals surface area contributed by atoms with E-state index in [9.17, 15) is 27.4 Å². The maximum absolute atomic E-state index is 13.7. The minimum atomic E-state index is -4.52. The van der Waals surface area contributed by atoms with E-state index in [1.165, 1.54) is 15.2 Å². The normalized spacial score (nSPS) is 17.0. The molecule has 168 valence electrons. The average molecular weight is 458 g/mol. The Morgan fingerprint density at radius 3 is 2.41 bits per heavy atom. The van der Waals surface area contributed by atoms with Crippen molar-refractivity contribution in [3.05, 3.63) is 58.0 Å². The highest BCUT2D eigenvalue weighted by atomic mass is 32.2. The van der Waals surface area contributed by atoms with E-state index in [0.717, 1.165) is 0 Å². The van der Waals surface area contributed by atoms with Crippen LogP contribution in [-0.4, -0.2) is 33.9 Å². The quantitative estimate of drug-likeness (QED) is 0.447. The second kappa shape index (κ2) is 8.03. The Morgan fingerprint density at radius 2 is 1.78 bits per heavy atom. The molecule has 2 amide bonds. The summed E-state index contributed by atoms with van der Waals surface area (Å²) in [6.07, 6.45) is 1.20. The van der Waals surface area contributed by atoms with Crippen molar-refractivity contribution in [3.63, 3.8) is 0 Å². The molecule has 0 radical (unpaired) electrons. The zero-order valence-corrected chi connectivity index (χ0v) is 18.5. The number of rotatable bonds is 5. The summed E-state index contributed by atoms with van der Waals surface area (Å²) in [7, 11) is -4.52. The van der Waals surface area contributed by atoms with Crippen LogP contribution in [0.25, 0.3) is 16.7 Å². The largest absolute Gasteiger partial charge is 0.334 e. The molecule has 1 unspecified atom stereocenters. The van der Waals surface area contributed by atoms with Gasteiger partial charge in [-0.3, -0.25) is 28.6 Å². The standard InChI is InChI=1S/C22H23N3O6S/c1-3-6-14-18(32(29,30)31)11-9-13(2)20(14)25-16-8-5-4-7-15(16)24(22(25)28)17-10-12-19(26)23-21(17)27/h4-5,7-9,11,17H,3,6,10,12H2,1-2H3,(H,23,26,27)(H,29,30,31). The fourth-order valence-corrected chi connectivity index (χ4v) is 5.15. The Bertz CT molecular complexity index is 1420. The van der Waals surface area contributed by atoms with Gasteiger partial charge in [-0.25, -0.2) is 4.79 Å². The molecule has 1 atom stereocenters. The summed E-state index contributed by atoms with van der Waals surface area (Å²) in [6.45, 7) is 3.63. The number of fused-ring (bicyclic) bond motifs is 1. The maximum atomic E-state index is 13.7. The van der Waals surface area contributed by atoms with Gasteiger partial charge >= 0.3 is 5.69 Å². The topological polar surface area (TPSA) is 127 Å². The van der Waals surface area contributed by atoms with Gasteiger partial charge in [0.15, 0.2) is 0 Å². The van der Waals surface area contributed by atoms with Crippen LogP contribution in [0, 0.1) is 6.92 Å². The number of benzene rings is 2. The van der Waals surface area contributed by atoms with E-state index in [-0.39, 0.29) is 23.6 Å². The lowest BCUT2D eigenvalue weighted by Gasteiger charge is -2.22. The van der Waals surface area contributed by atoms with Crippen molar-refractivity contribution in [2.45, 2.75) is 50.5 Å². The molecule has 1 aliphatic heterocycles. The molecule has 0 saturated carbocycles. The van der Waals surface area contributed by atoms with Crippen LogP contribution in [0.3, 0.4) is 0 Å². The Balaban J connectivity index is 2.08. The number of imidazole rings is 1. The third-order valence-electron chi connectivity index (χ3n) is 5.74. The van der Waals surface area contributed by atoms with Crippen molar-refractivity contribution in [2.24, 2.45) is 0 Å². The van der Waals surface area contributed by atoms with Gasteiger partial charge in [0.05, 0.1) is 21.6 Å². The molecular weight excluding hydrogens is 434 g/mol. The van der Waals surface area contributed by atoms with Crippen molar-refractivity contribution in [1.82, 2.24) is 14.5 Å². The molecule has 2 heterocycles. The second-order valence-electron chi connectivity index (χ2n) is 7.88. The van der Waals surface area contributed by atoms with Crippen molar-refractivity contribution < 1.29 is 22.6 Å². The lowest BCUT2D eigenvalue weighted by molar-refractivity contribution is -0.135. The van der Waals surface area contributed by atoms with E-state index in [2.05, 4.69) is 5.32 Å². The molecule has 1 aromatic heterocycles. The maximum Gasteiger partial charge on any atom is 0.334 e. The zero-order valence-electron chi connectivity index (χ0n) is 17.7. The third kappa shape index (κ3) is 3.55. The van der Waals surface area contributed by atoms with Crippen molar-refractivity contribution in [1.29, 1.82) is 0 Å². The van der Waals surface area contributed by atoms with Gasteiger partial charge in [0, 0.05) is 6.42 Å². The number of para-hydroxylation sites is 2. The molecule has 10 heteroatoms. The molecule has 0 bridgehead atoms. The first-order chi connectivity index (χ1) is 15.1. The third-order valence-corrected chi connectivity index (χ3v) is 6.68.